The highest BCUT2D eigenvalue weighted by Crippen LogP contribution is 2.17. The van der Waals surface area contributed by atoms with E-state index in [0.717, 1.165) is 12.8 Å². The molecule has 1 heterocycles. The van der Waals surface area contributed by atoms with Crippen molar-refractivity contribution in [1.29, 1.82) is 0 Å². The molecule has 1 saturated heterocycles. The van der Waals surface area contributed by atoms with E-state index in [9.17, 15) is 14.4 Å². The highest BCUT2D eigenvalue weighted by Gasteiger charge is 2.32. The number of rotatable bonds is 1. The number of primary amides is 2. The Morgan fingerprint density at radius 3 is 2.50 bits per heavy atom. The molecule has 1 aliphatic heterocycles. The van der Waals surface area contributed by atoms with Crippen LogP contribution in [0.25, 0.3) is 0 Å². The number of piperidine rings is 1. The van der Waals surface area contributed by atoms with Crippen LogP contribution in [0.3, 0.4) is 0 Å². The highest BCUT2D eigenvalue weighted by atomic mass is 16.7. The number of nitrogens with one attached hydrogen (secondary N) is 1. The lowest BCUT2D eigenvalue weighted by Crippen LogP contribution is -2.52. The predicted molar refractivity (Wildman–Crippen MR) is 52.7 cm³/mol. The predicted octanol–water partition coefficient (Wildman–Crippen LogP) is -0.954. The molecule has 0 aromatic heterocycles. The van der Waals surface area contributed by atoms with Gasteiger partial charge >= 0.3 is 18.0 Å². The fraction of sp³-hybridized carbons (Fsp3) is 0.625. The first-order valence-corrected chi connectivity index (χ1v) is 4.84. The molecule has 1 unspecified atom stereocenters. The van der Waals surface area contributed by atoms with Crippen molar-refractivity contribution in [2.45, 2.75) is 25.3 Å². The second-order valence-corrected chi connectivity index (χ2v) is 3.43. The molecule has 5 N–H and O–H groups in total. The topological polar surface area (TPSA) is 128 Å². The van der Waals surface area contributed by atoms with Gasteiger partial charge in [0.15, 0.2) is 0 Å². The minimum absolute atomic E-state index is 0.408. The van der Waals surface area contributed by atoms with Crippen molar-refractivity contribution in [2.75, 3.05) is 6.54 Å². The van der Waals surface area contributed by atoms with Gasteiger partial charge in [0.1, 0.15) is 6.04 Å². The first-order chi connectivity index (χ1) is 7.52. The van der Waals surface area contributed by atoms with Crippen LogP contribution >= 0.6 is 0 Å². The van der Waals surface area contributed by atoms with Gasteiger partial charge in [-0.3, -0.25) is 0 Å². The second kappa shape index (κ2) is 5.19. The zero-order valence-corrected chi connectivity index (χ0v) is 8.64. The number of carbonyl (C=O) groups is 3. The molecule has 0 spiro atoms. The molecular formula is C8H14N4O4. The minimum atomic E-state index is -0.977. The molecule has 0 aliphatic carbocycles. The van der Waals surface area contributed by atoms with E-state index in [1.165, 1.54) is 4.90 Å². The quantitative estimate of drug-likeness (QED) is 0.501. The monoisotopic (exact) mass is 230 g/mol. The van der Waals surface area contributed by atoms with Crippen LogP contribution in [0.15, 0.2) is 0 Å². The number of urea groups is 2. The van der Waals surface area contributed by atoms with Crippen molar-refractivity contribution >= 4 is 18.0 Å². The van der Waals surface area contributed by atoms with Gasteiger partial charge in [-0.25, -0.2) is 14.4 Å². The van der Waals surface area contributed by atoms with E-state index in [1.54, 1.807) is 5.48 Å². The van der Waals surface area contributed by atoms with E-state index in [1.807, 2.05) is 0 Å². The Morgan fingerprint density at radius 1 is 1.25 bits per heavy atom. The summed E-state index contributed by atoms with van der Waals surface area (Å²) in [4.78, 5) is 38.5. The van der Waals surface area contributed by atoms with Crippen molar-refractivity contribution in [3.63, 3.8) is 0 Å². The van der Waals surface area contributed by atoms with Crippen molar-refractivity contribution < 1.29 is 19.2 Å². The first kappa shape index (κ1) is 12.1. The molecule has 0 aromatic carbocycles. The highest BCUT2D eigenvalue weighted by molar-refractivity contribution is 5.84. The maximum absolute atomic E-state index is 11.5. The van der Waals surface area contributed by atoms with Crippen molar-refractivity contribution in [2.24, 2.45) is 11.5 Å². The molecule has 4 amide bonds. The van der Waals surface area contributed by atoms with Crippen LogP contribution in [-0.2, 0) is 9.63 Å². The third-order valence-corrected chi connectivity index (χ3v) is 2.31. The average Bonchev–Trinajstić information content (AvgIpc) is 2.25. The second-order valence-electron chi connectivity index (χ2n) is 3.43. The Balaban J connectivity index is 2.57. The third-order valence-electron chi connectivity index (χ3n) is 2.31. The number of nitrogens with zero attached hydrogens (tertiary/aromatic N) is 1. The molecule has 0 radical (unpaired) electrons. The molecule has 1 rings (SSSR count). The van der Waals surface area contributed by atoms with Gasteiger partial charge in [-0.05, 0) is 19.3 Å². The van der Waals surface area contributed by atoms with Crippen LogP contribution in [0.4, 0.5) is 9.59 Å². The number of amides is 4. The van der Waals surface area contributed by atoms with E-state index in [4.69, 9.17) is 11.5 Å². The lowest BCUT2D eigenvalue weighted by atomic mass is 10.0. The molecule has 90 valence electrons. The lowest BCUT2D eigenvalue weighted by Gasteiger charge is -2.32. The number of nitrogens with two attached hydrogens (primary N) is 2. The zero-order valence-electron chi connectivity index (χ0n) is 8.64. The average molecular weight is 230 g/mol. The molecule has 0 bridgehead atoms. The van der Waals surface area contributed by atoms with Crippen LogP contribution in [-0.4, -0.2) is 35.5 Å². The van der Waals surface area contributed by atoms with Crippen LogP contribution in [0, 0.1) is 0 Å². The van der Waals surface area contributed by atoms with Crippen LogP contribution in [0.1, 0.15) is 19.3 Å². The third kappa shape index (κ3) is 3.01. The van der Waals surface area contributed by atoms with Gasteiger partial charge in [0.05, 0.1) is 0 Å². The fourth-order valence-corrected chi connectivity index (χ4v) is 1.61. The van der Waals surface area contributed by atoms with Gasteiger partial charge in [-0.1, -0.05) is 0 Å². The van der Waals surface area contributed by atoms with Crippen LogP contribution in [0.5, 0.6) is 0 Å². The van der Waals surface area contributed by atoms with E-state index < -0.39 is 24.1 Å². The largest absolute Gasteiger partial charge is 0.354 e. The Bertz CT molecular complexity index is 306. The van der Waals surface area contributed by atoms with E-state index in [0.29, 0.717) is 13.0 Å². The molecule has 0 saturated carbocycles. The molecule has 8 heteroatoms. The summed E-state index contributed by atoms with van der Waals surface area (Å²) in [6, 6.07) is -2.41. The van der Waals surface area contributed by atoms with Crippen molar-refractivity contribution in [3.05, 3.63) is 0 Å². The first-order valence-electron chi connectivity index (χ1n) is 4.84. The molecule has 0 aromatic rings. The summed E-state index contributed by atoms with van der Waals surface area (Å²) < 4.78 is 0. The number of hydrogen-bond donors (Lipinski definition) is 3. The molecule has 1 aliphatic rings. The van der Waals surface area contributed by atoms with Crippen LogP contribution < -0.4 is 16.9 Å². The standard InChI is InChI=1S/C8H14N4O4/c9-7(14)11-16-6(13)5-3-1-2-4-12(5)8(10)15/h5H,1-4H2,(H2,10,15)(H3,9,11,14). The summed E-state index contributed by atoms with van der Waals surface area (Å²) in [6.45, 7) is 0.408. The van der Waals surface area contributed by atoms with E-state index in [2.05, 4.69) is 4.84 Å². The smallest absolute Gasteiger partial charge is 0.351 e. The Kier molecular flexibility index (Phi) is 3.92. The summed E-state index contributed by atoms with van der Waals surface area (Å²) in [7, 11) is 0. The maximum atomic E-state index is 11.5. The number of likely N-dealkylation sites (tertiary alicyclic amines) is 1. The van der Waals surface area contributed by atoms with Gasteiger partial charge in [-0.15, -0.1) is 0 Å². The maximum Gasteiger partial charge on any atom is 0.354 e. The molecule has 8 nitrogen and oxygen atoms in total. The number of carbonyl (C=O) groups excluding carboxylic acids is 3. The van der Waals surface area contributed by atoms with Gasteiger partial charge < -0.3 is 21.2 Å². The van der Waals surface area contributed by atoms with Gasteiger partial charge in [-0.2, -0.15) is 5.48 Å². The molecule has 16 heavy (non-hydrogen) atoms. The number of hydrogen-bond acceptors (Lipinski definition) is 4. The summed E-state index contributed by atoms with van der Waals surface area (Å²) in [5, 5.41) is 0. The van der Waals surface area contributed by atoms with E-state index >= 15 is 0 Å². The lowest BCUT2D eigenvalue weighted by molar-refractivity contribution is -0.155. The summed E-state index contributed by atoms with van der Waals surface area (Å²) in [6.07, 6.45) is 2.04. The zero-order chi connectivity index (χ0) is 12.1. The normalized spacial score (nSPS) is 20.0. The van der Waals surface area contributed by atoms with Gasteiger partial charge in [0.25, 0.3) is 0 Å². The molecule has 1 atom stereocenters. The van der Waals surface area contributed by atoms with E-state index in [-0.39, 0.29) is 0 Å². The molecular weight excluding hydrogens is 216 g/mol. The summed E-state index contributed by atoms with van der Waals surface area (Å²) in [5.74, 6) is -0.739. The Hall–Kier alpha value is -1.99. The number of hydroxylamine groups is 1. The van der Waals surface area contributed by atoms with Gasteiger partial charge in [0.2, 0.25) is 0 Å². The summed E-state index contributed by atoms with van der Waals surface area (Å²) >= 11 is 0. The SMILES string of the molecule is NC(=O)NOC(=O)C1CCCCN1C(N)=O. The summed E-state index contributed by atoms with van der Waals surface area (Å²) in [5.41, 5.74) is 11.6. The van der Waals surface area contributed by atoms with Crippen molar-refractivity contribution in [3.8, 4) is 0 Å². The van der Waals surface area contributed by atoms with Crippen molar-refractivity contribution in [1.82, 2.24) is 10.4 Å². The fourth-order valence-electron chi connectivity index (χ4n) is 1.61. The van der Waals surface area contributed by atoms with Crippen LogP contribution in [0.2, 0.25) is 0 Å². The minimum Gasteiger partial charge on any atom is -0.351 e. The van der Waals surface area contributed by atoms with Gasteiger partial charge in [0, 0.05) is 6.54 Å². The molecule has 1 fully saturated rings. The Labute approximate surface area is 91.8 Å². The Morgan fingerprint density at radius 2 is 1.94 bits per heavy atom.